The van der Waals surface area contributed by atoms with E-state index in [4.69, 9.17) is 4.74 Å². The molecule has 0 aromatic heterocycles. The predicted octanol–water partition coefficient (Wildman–Crippen LogP) is 3.39. The lowest BCUT2D eigenvalue weighted by Gasteiger charge is -2.54. The molecule has 2 amide bonds. The first-order chi connectivity index (χ1) is 11.8. The van der Waals surface area contributed by atoms with E-state index in [0.717, 1.165) is 0 Å². The maximum Gasteiger partial charge on any atom is 0.331 e. The topological polar surface area (TPSA) is 75.7 Å². The maximum atomic E-state index is 12.7. The van der Waals surface area contributed by atoms with Gasteiger partial charge in [-0.3, -0.25) is 9.59 Å². The van der Waals surface area contributed by atoms with Crippen molar-refractivity contribution in [3.05, 3.63) is 0 Å². The molecule has 1 N–H and O–H groups in total. The summed E-state index contributed by atoms with van der Waals surface area (Å²) in [7, 11) is 3.14. The molecule has 0 fully saturated rings. The Hall–Kier alpha value is -1.59. The van der Waals surface area contributed by atoms with Crippen molar-refractivity contribution in [1.82, 2.24) is 10.2 Å². The Bertz CT molecular complexity index is 575. The van der Waals surface area contributed by atoms with Crippen LogP contribution in [0.2, 0.25) is 0 Å². The third-order valence-corrected chi connectivity index (χ3v) is 6.63. The molecule has 0 bridgehead atoms. The fourth-order valence-corrected chi connectivity index (χ4v) is 3.68. The smallest absolute Gasteiger partial charge is 0.331 e. The van der Waals surface area contributed by atoms with E-state index < -0.39 is 22.3 Å². The first kappa shape index (κ1) is 25.4. The zero-order valence-electron chi connectivity index (χ0n) is 19.4. The number of methoxy groups -OCH3 is 1. The van der Waals surface area contributed by atoms with Crippen molar-refractivity contribution in [3.63, 3.8) is 0 Å². The Kier molecular flexibility index (Phi) is 7.71. The first-order valence-corrected chi connectivity index (χ1v) is 9.45. The molecule has 0 aliphatic heterocycles. The molecule has 6 heteroatoms. The highest BCUT2D eigenvalue weighted by Gasteiger charge is 2.57. The molecule has 0 radical (unpaired) electrons. The van der Waals surface area contributed by atoms with Crippen LogP contribution in [0.15, 0.2) is 0 Å². The summed E-state index contributed by atoms with van der Waals surface area (Å²) in [5, 5.41) is 2.82. The van der Waals surface area contributed by atoms with Crippen molar-refractivity contribution >= 4 is 17.8 Å². The van der Waals surface area contributed by atoms with Crippen LogP contribution in [-0.4, -0.2) is 48.4 Å². The van der Waals surface area contributed by atoms with Crippen LogP contribution < -0.4 is 5.32 Å². The molecule has 158 valence electrons. The molecule has 27 heavy (non-hydrogen) atoms. The van der Waals surface area contributed by atoms with Crippen LogP contribution in [0.5, 0.6) is 0 Å². The largest absolute Gasteiger partial charge is 0.467 e. The number of nitrogens with one attached hydrogen (secondary N) is 1. The van der Waals surface area contributed by atoms with Gasteiger partial charge in [0.1, 0.15) is 5.54 Å². The van der Waals surface area contributed by atoms with E-state index in [-0.39, 0.29) is 23.3 Å². The second-order valence-electron chi connectivity index (χ2n) is 10.0. The van der Waals surface area contributed by atoms with Crippen molar-refractivity contribution in [2.45, 2.75) is 87.2 Å². The van der Waals surface area contributed by atoms with Gasteiger partial charge < -0.3 is 15.0 Å². The first-order valence-electron chi connectivity index (χ1n) is 9.45. The molecule has 0 aromatic rings. The Morgan fingerprint density at radius 2 is 1.41 bits per heavy atom. The van der Waals surface area contributed by atoms with Crippen molar-refractivity contribution in [3.8, 4) is 0 Å². The molecular weight excluding hydrogens is 344 g/mol. The fourth-order valence-electron chi connectivity index (χ4n) is 3.68. The minimum absolute atomic E-state index is 0.00104. The maximum absolute atomic E-state index is 12.7. The highest BCUT2D eigenvalue weighted by molar-refractivity contribution is 5.87. The minimum atomic E-state index is -1.21. The number of ether oxygens (including phenoxy) is 1. The third-order valence-electron chi connectivity index (χ3n) is 6.63. The minimum Gasteiger partial charge on any atom is -0.467 e. The molecular formula is C21H40N2O4. The van der Waals surface area contributed by atoms with Gasteiger partial charge >= 0.3 is 5.97 Å². The lowest BCUT2D eigenvalue weighted by molar-refractivity contribution is -0.162. The summed E-state index contributed by atoms with van der Waals surface area (Å²) < 4.78 is 5.04. The monoisotopic (exact) mass is 384 g/mol. The summed E-state index contributed by atoms with van der Waals surface area (Å²) in [6.07, 6.45) is 0.658. The van der Waals surface area contributed by atoms with Crippen LogP contribution in [0.25, 0.3) is 0 Å². The Labute approximate surface area is 165 Å². The normalized spacial score (nSPS) is 16.1. The highest BCUT2D eigenvalue weighted by atomic mass is 16.5. The molecule has 0 spiro atoms. The van der Waals surface area contributed by atoms with Gasteiger partial charge in [0.15, 0.2) is 0 Å². The number of nitrogens with zero attached hydrogens (tertiary/aromatic N) is 1. The summed E-state index contributed by atoms with van der Waals surface area (Å²) in [4.78, 5) is 38.4. The van der Waals surface area contributed by atoms with E-state index in [2.05, 4.69) is 39.9 Å². The average molecular weight is 385 g/mol. The van der Waals surface area contributed by atoms with Gasteiger partial charge in [-0.25, -0.2) is 4.79 Å². The molecule has 0 aliphatic rings. The number of esters is 1. The van der Waals surface area contributed by atoms with Crippen molar-refractivity contribution in [2.24, 2.45) is 16.2 Å². The molecule has 0 aromatic carbocycles. The Balaban J connectivity index is 6.21. The molecule has 0 saturated heterocycles. The van der Waals surface area contributed by atoms with E-state index in [1.807, 2.05) is 20.9 Å². The van der Waals surface area contributed by atoms with E-state index in [1.165, 1.54) is 14.0 Å². The molecule has 6 nitrogen and oxygen atoms in total. The number of hydrogen-bond donors (Lipinski definition) is 1. The lowest BCUT2D eigenvalue weighted by atomic mass is 9.54. The van der Waals surface area contributed by atoms with Crippen molar-refractivity contribution < 1.29 is 19.1 Å². The lowest BCUT2D eigenvalue weighted by Crippen LogP contribution is -2.66. The van der Waals surface area contributed by atoms with Gasteiger partial charge in [-0.1, -0.05) is 48.5 Å². The second-order valence-corrected chi connectivity index (χ2v) is 10.0. The molecule has 0 rings (SSSR count). The predicted molar refractivity (Wildman–Crippen MR) is 108 cm³/mol. The highest BCUT2D eigenvalue weighted by Crippen LogP contribution is 2.51. The van der Waals surface area contributed by atoms with Crippen LogP contribution in [0.4, 0.5) is 0 Å². The number of hydrogen-bond acceptors (Lipinski definition) is 4. The SMILES string of the molecule is COC(=O)C(C)(NC(C)=O)C(C)(C)C(C)(C)CC(N(C)C(C)=O)C(C)(C)C. The van der Waals surface area contributed by atoms with Crippen LogP contribution in [0, 0.1) is 16.2 Å². The number of carbonyl (C=O) groups is 3. The standard InChI is InChI=1S/C21H40N2O4/c1-14(24)22-21(10,17(26)27-12)20(8,9)19(6,7)13-16(18(3,4)5)23(11)15(2)25/h16H,13H2,1-12H3,(H,22,24). The van der Waals surface area contributed by atoms with E-state index in [9.17, 15) is 14.4 Å². The summed E-state index contributed by atoms with van der Waals surface area (Å²) in [6.45, 7) is 19.1. The van der Waals surface area contributed by atoms with E-state index in [0.29, 0.717) is 6.42 Å². The third kappa shape index (κ3) is 5.23. The quantitative estimate of drug-likeness (QED) is 0.683. The van der Waals surface area contributed by atoms with Gasteiger partial charge in [-0.15, -0.1) is 0 Å². The van der Waals surface area contributed by atoms with Crippen LogP contribution in [0.1, 0.15) is 75.7 Å². The van der Waals surface area contributed by atoms with Crippen LogP contribution >= 0.6 is 0 Å². The summed E-state index contributed by atoms with van der Waals surface area (Å²) in [6, 6.07) is -0.0384. The van der Waals surface area contributed by atoms with Gasteiger partial charge in [0, 0.05) is 32.4 Å². The number of amides is 2. The van der Waals surface area contributed by atoms with Gasteiger partial charge in [0.25, 0.3) is 0 Å². The molecule has 0 heterocycles. The van der Waals surface area contributed by atoms with Crippen LogP contribution in [-0.2, 0) is 19.1 Å². The average Bonchev–Trinajstić information content (AvgIpc) is 2.48. The van der Waals surface area contributed by atoms with Gasteiger partial charge in [0.2, 0.25) is 11.8 Å². The Morgan fingerprint density at radius 3 is 1.70 bits per heavy atom. The summed E-state index contributed by atoms with van der Waals surface area (Å²) >= 11 is 0. The van der Waals surface area contributed by atoms with Gasteiger partial charge in [-0.05, 0) is 24.2 Å². The van der Waals surface area contributed by atoms with Gasteiger partial charge in [0.05, 0.1) is 7.11 Å². The van der Waals surface area contributed by atoms with Crippen LogP contribution in [0.3, 0.4) is 0 Å². The summed E-state index contributed by atoms with van der Waals surface area (Å²) in [5.41, 5.74) is -2.45. The van der Waals surface area contributed by atoms with Gasteiger partial charge in [-0.2, -0.15) is 0 Å². The molecule has 0 saturated carbocycles. The molecule has 0 aliphatic carbocycles. The molecule has 2 unspecified atom stereocenters. The van der Waals surface area contributed by atoms with E-state index >= 15 is 0 Å². The second kappa shape index (κ2) is 8.19. The zero-order chi connectivity index (χ0) is 22.0. The fraction of sp³-hybridized carbons (Fsp3) is 0.857. The Morgan fingerprint density at radius 1 is 0.963 bits per heavy atom. The van der Waals surface area contributed by atoms with Crippen molar-refractivity contribution in [1.29, 1.82) is 0 Å². The van der Waals surface area contributed by atoms with Crippen molar-refractivity contribution in [2.75, 3.05) is 14.2 Å². The number of carbonyl (C=O) groups excluding carboxylic acids is 3. The summed E-state index contributed by atoms with van der Waals surface area (Å²) in [5.74, 6) is -0.774. The van der Waals surface area contributed by atoms with E-state index in [1.54, 1.807) is 18.7 Å². The number of rotatable bonds is 7. The molecule has 2 atom stereocenters. The zero-order valence-corrected chi connectivity index (χ0v) is 19.4.